The minimum atomic E-state index is -3.83. The largest absolute Gasteiger partial charge is 0.705 e. The third kappa shape index (κ3) is 9.47. The van der Waals surface area contributed by atoms with Crippen LogP contribution in [-0.2, 0) is 34.1 Å². The summed E-state index contributed by atoms with van der Waals surface area (Å²) in [5, 5.41) is 0. The van der Waals surface area contributed by atoms with E-state index < -0.39 is 38.3 Å². The molecular weight excluding hydrogens is 414 g/mol. The Hall–Kier alpha value is -2.29. The molecule has 0 aliphatic heterocycles. The lowest BCUT2D eigenvalue weighted by atomic mass is 10.1. The molecule has 30 heavy (non-hydrogen) atoms. The summed E-state index contributed by atoms with van der Waals surface area (Å²) >= 11 is 0. The van der Waals surface area contributed by atoms with E-state index >= 15 is 0 Å². The molecule has 0 spiro atoms. The topological polar surface area (TPSA) is 78.9 Å². The summed E-state index contributed by atoms with van der Waals surface area (Å²) in [5.41, 5.74) is 0.585. The van der Waals surface area contributed by atoms with E-state index in [0.717, 1.165) is 12.5 Å². The van der Waals surface area contributed by atoms with Crippen LogP contribution in [0.2, 0.25) is 6.04 Å². The average molecular weight is 445 g/mol. The molecule has 0 heterocycles. The van der Waals surface area contributed by atoms with Crippen molar-refractivity contribution in [1.29, 1.82) is 0 Å². The highest BCUT2D eigenvalue weighted by atomic mass is 28.4. The molecule has 0 N–H and O–H groups in total. The standard InChI is InChI=1S/C21H30F2O6Si/c1-4-19(24)27-30(28-20(25)5-2,29-21(26)6-3)12-10-8-7-9-11-16-13-17(22)15-18(23)14-16/h13-15H,4-12H2,1-3H3. The van der Waals surface area contributed by atoms with Crippen molar-refractivity contribution in [2.45, 2.75) is 78.2 Å². The van der Waals surface area contributed by atoms with Crippen molar-refractivity contribution in [3.63, 3.8) is 0 Å². The van der Waals surface area contributed by atoms with Crippen LogP contribution in [-0.4, -0.2) is 26.7 Å². The van der Waals surface area contributed by atoms with Gasteiger partial charge in [0.15, 0.2) is 0 Å². The number of aryl methyl sites for hydroxylation is 1. The molecule has 6 nitrogen and oxygen atoms in total. The van der Waals surface area contributed by atoms with Crippen LogP contribution in [0.1, 0.15) is 71.3 Å². The van der Waals surface area contributed by atoms with Gasteiger partial charge in [-0.25, -0.2) is 8.78 Å². The van der Waals surface area contributed by atoms with Gasteiger partial charge in [-0.15, -0.1) is 0 Å². The zero-order valence-electron chi connectivity index (χ0n) is 17.8. The first kappa shape index (κ1) is 25.7. The fourth-order valence-corrected chi connectivity index (χ4v) is 5.32. The molecule has 0 atom stereocenters. The summed E-state index contributed by atoms with van der Waals surface area (Å²) in [4.78, 5) is 35.6. The van der Waals surface area contributed by atoms with Gasteiger partial charge in [0.05, 0.1) is 6.04 Å². The quantitative estimate of drug-likeness (QED) is 0.319. The zero-order chi connectivity index (χ0) is 22.6. The Kier molecular flexibility index (Phi) is 11.2. The van der Waals surface area contributed by atoms with Crippen molar-refractivity contribution < 1.29 is 36.4 Å². The first-order valence-electron chi connectivity index (χ1n) is 10.3. The second-order valence-corrected chi connectivity index (χ2v) is 9.34. The van der Waals surface area contributed by atoms with Crippen molar-refractivity contribution in [2.75, 3.05) is 0 Å². The second kappa shape index (κ2) is 13.1. The van der Waals surface area contributed by atoms with Gasteiger partial charge >= 0.3 is 8.80 Å². The number of unbranched alkanes of at least 4 members (excludes halogenated alkanes) is 3. The molecule has 0 saturated heterocycles. The van der Waals surface area contributed by atoms with Gasteiger partial charge in [-0.2, -0.15) is 0 Å². The predicted octanol–water partition coefficient (Wildman–Crippen LogP) is 4.87. The summed E-state index contributed by atoms with van der Waals surface area (Å²) in [7, 11) is -3.83. The van der Waals surface area contributed by atoms with Gasteiger partial charge in [-0.05, 0) is 37.0 Å². The number of rotatable bonds is 13. The lowest BCUT2D eigenvalue weighted by Gasteiger charge is -2.27. The van der Waals surface area contributed by atoms with Gasteiger partial charge in [0.1, 0.15) is 11.6 Å². The molecule has 1 aromatic rings. The number of carbonyl (C=O) groups is 3. The number of hydrogen-bond acceptors (Lipinski definition) is 6. The second-order valence-electron chi connectivity index (χ2n) is 6.86. The van der Waals surface area contributed by atoms with Crippen molar-refractivity contribution in [1.82, 2.24) is 0 Å². The third-order valence-corrected chi connectivity index (χ3v) is 6.88. The fraction of sp³-hybridized carbons (Fsp3) is 0.571. The van der Waals surface area contributed by atoms with Crippen LogP contribution in [0, 0.1) is 11.6 Å². The van der Waals surface area contributed by atoms with Gasteiger partial charge < -0.3 is 13.3 Å². The molecule has 0 aliphatic rings. The van der Waals surface area contributed by atoms with Crippen molar-refractivity contribution in [2.24, 2.45) is 0 Å². The third-order valence-electron chi connectivity index (χ3n) is 4.29. The van der Waals surface area contributed by atoms with E-state index in [9.17, 15) is 23.2 Å². The fourth-order valence-electron chi connectivity index (χ4n) is 2.73. The maximum atomic E-state index is 13.2. The van der Waals surface area contributed by atoms with Gasteiger partial charge in [0, 0.05) is 25.3 Å². The number of halogens is 2. The van der Waals surface area contributed by atoms with E-state index in [1.165, 1.54) is 12.1 Å². The summed E-state index contributed by atoms with van der Waals surface area (Å²) in [6.07, 6.45) is 3.35. The van der Waals surface area contributed by atoms with Crippen LogP contribution in [0.15, 0.2) is 18.2 Å². The van der Waals surface area contributed by atoms with Crippen LogP contribution < -0.4 is 0 Å². The van der Waals surface area contributed by atoms with Gasteiger partial charge in [-0.3, -0.25) is 14.4 Å². The van der Waals surface area contributed by atoms with Crippen LogP contribution in [0.4, 0.5) is 8.78 Å². The van der Waals surface area contributed by atoms with Crippen LogP contribution in [0.3, 0.4) is 0 Å². The summed E-state index contributed by atoms with van der Waals surface area (Å²) < 4.78 is 42.6. The Balaban J connectivity index is 2.66. The lowest BCUT2D eigenvalue weighted by molar-refractivity contribution is -0.150. The van der Waals surface area contributed by atoms with E-state index in [-0.39, 0.29) is 25.3 Å². The first-order chi connectivity index (χ1) is 14.2. The lowest BCUT2D eigenvalue weighted by Crippen LogP contribution is -2.50. The van der Waals surface area contributed by atoms with Crippen LogP contribution >= 0.6 is 0 Å². The predicted molar refractivity (Wildman–Crippen MR) is 108 cm³/mol. The molecule has 0 fully saturated rings. The number of benzene rings is 1. The molecule has 0 amide bonds. The Bertz CT molecular complexity index is 660. The minimum Gasteiger partial charge on any atom is -0.455 e. The molecule has 1 rings (SSSR count). The highest BCUT2D eigenvalue weighted by molar-refractivity contribution is 6.65. The Morgan fingerprint density at radius 3 is 1.60 bits per heavy atom. The van der Waals surface area contributed by atoms with E-state index in [0.29, 0.717) is 31.2 Å². The van der Waals surface area contributed by atoms with Crippen LogP contribution in [0.25, 0.3) is 0 Å². The van der Waals surface area contributed by atoms with Crippen LogP contribution in [0.5, 0.6) is 0 Å². The number of hydrogen-bond donors (Lipinski definition) is 0. The molecule has 0 aromatic heterocycles. The molecule has 0 radical (unpaired) electrons. The molecule has 0 bridgehead atoms. The summed E-state index contributed by atoms with van der Waals surface area (Å²) in [6, 6.07) is 3.59. The Morgan fingerprint density at radius 1 is 0.733 bits per heavy atom. The van der Waals surface area contributed by atoms with E-state index in [1.807, 2.05) is 0 Å². The van der Waals surface area contributed by atoms with E-state index in [2.05, 4.69) is 0 Å². The monoisotopic (exact) mass is 444 g/mol. The molecule has 0 unspecified atom stereocenters. The molecular formula is C21H30F2O6Si. The smallest absolute Gasteiger partial charge is 0.455 e. The summed E-state index contributed by atoms with van der Waals surface area (Å²) in [5.74, 6) is -2.99. The Morgan fingerprint density at radius 2 is 1.17 bits per heavy atom. The maximum Gasteiger partial charge on any atom is 0.705 e. The first-order valence-corrected chi connectivity index (χ1v) is 12.3. The normalized spacial score (nSPS) is 11.1. The molecule has 168 valence electrons. The molecule has 0 saturated carbocycles. The minimum absolute atomic E-state index is 0.0618. The average Bonchev–Trinajstić information content (AvgIpc) is 2.69. The van der Waals surface area contributed by atoms with E-state index in [1.54, 1.807) is 20.8 Å². The highest BCUT2D eigenvalue weighted by Crippen LogP contribution is 2.23. The number of carbonyl (C=O) groups excluding carboxylic acids is 3. The van der Waals surface area contributed by atoms with Gasteiger partial charge in [-0.1, -0.05) is 33.6 Å². The zero-order valence-corrected chi connectivity index (χ0v) is 18.8. The highest BCUT2D eigenvalue weighted by Gasteiger charge is 2.52. The summed E-state index contributed by atoms with van der Waals surface area (Å²) in [6.45, 7) is 4.79. The molecule has 1 aromatic carbocycles. The van der Waals surface area contributed by atoms with Crippen molar-refractivity contribution in [3.05, 3.63) is 35.4 Å². The Labute approximate surface area is 177 Å². The van der Waals surface area contributed by atoms with Crippen molar-refractivity contribution >= 4 is 26.7 Å². The van der Waals surface area contributed by atoms with Crippen molar-refractivity contribution in [3.8, 4) is 0 Å². The van der Waals surface area contributed by atoms with Gasteiger partial charge in [0.2, 0.25) is 0 Å². The van der Waals surface area contributed by atoms with E-state index in [4.69, 9.17) is 13.3 Å². The SMILES string of the molecule is CCC(=O)O[Si](CCCCCCc1cc(F)cc(F)c1)(OC(=O)CC)OC(=O)CC. The molecule has 0 aliphatic carbocycles. The van der Waals surface area contributed by atoms with Gasteiger partial charge in [0.25, 0.3) is 17.9 Å². The molecule has 9 heteroatoms. The maximum absolute atomic E-state index is 13.2.